The van der Waals surface area contributed by atoms with Gasteiger partial charge in [0, 0.05) is 16.7 Å². The van der Waals surface area contributed by atoms with Gasteiger partial charge in [-0.25, -0.2) is 0 Å². The number of nitrogens with zero attached hydrogens (tertiary/aromatic N) is 1. The van der Waals surface area contributed by atoms with Gasteiger partial charge < -0.3 is 0 Å². The summed E-state index contributed by atoms with van der Waals surface area (Å²) in [6.07, 6.45) is 1.67. The lowest BCUT2D eigenvalue weighted by Gasteiger charge is -2.29. The third-order valence-corrected chi connectivity index (χ3v) is 6.03. The fourth-order valence-corrected chi connectivity index (χ4v) is 4.48. The predicted molar refractivity (Wildman–Crippen MR) is 97.3 cm³/mol. The van der Waals surface area contributed by atoms with Crippen LogP contribution in [0.1, 0.15) is 31.4 Å². The van der Waals surface area contributed by atoms with Crippen molar-refractivity contribution in [3.05, 3.63) is 32.9 Å². The Hall–Kier alpha value is -0.180. The molecule has 1 aromatic carbocycles. The third kappa shape index (κ3) is 5.47. The minimum atomic E-state index is -3.37. The summed E-state index contributed by atoms with van der Waals surface area (Å²) >= 11 is 2.39. The summed E-state index contributed by atoms with van der Waals surface area (Å²) in [5.74, 6) is 0.339. The highest BCUT2D eigenvalue weighted by Gasteiger charge is 2.19. The van der Waals surface area contributed by atoms with E-state index in [0.717, 1.165) is 26.1 Å². The highest BCUT2D eigenvalue weighted by molar-refractivity contribution is 14.1. The second-order valence-electron chi connectivity index (χ2n) is 6.20. The highest BCUT2D eigenvalue weighted by atomic mass is 127. The molecule has 1 heterocycles. The summed E-state index contributed by atoms with van der Waals surface area (Å²) in [6, 6.07) is 6.41. The maximum atomic E-state index is 11.8. The SMILES string of the molecule is CC(C)COS(=O)(=O)CCCN1CCc2c(I)cccc2C1. The molecule has 0 N–H and O–H groups in total. The van der Waals surface area contributed by atoms with Gasteiger partial charge in [-0.3, -0.25) is 9.08 Å². The van der Waals surface area contributed by atoms with Crippen LogP contribution in [-0.4, -0.2) is 38.8 Å². The van der Waals surface area contributed by atoms with Gasteiger partial charge in [-0.15, -0.1) is 0 Å². The zero-order valence-electron chi connectivity index (χ0n) is 13.2. The molecule has 0 amide bonds. The lowest BCUT2D eigenvalue weighted by molar-refractivity contribution is 0.249. The molecule has 0 aromatic heterocycles. The van der Waals surface area contributed by atoms with E-state index in [1.807, 2.05) is 13.8 Å². The average Bonchev–Trinajstić information content (AvgIpc) is 2.45. The molecule has 22 heavy (non-hydrogen) atoms. The molecule has 0 radical (unpaired) electrons. The summed E-state index contributed by atoms with van der Waals surface area (Å²) in [6.45, 7) is 6.89. The molecular weight excluding hydrogens is 413 g/mol. The van der Waals surface area contributed by atoms with Crippen LogP contribution in [-0.2, 0) is 27.3 Å². The summed E-state index contributed by atoms with van der Waals surface area (Å²) < 4.78 is 29.9. The van der Waals surface area contributed by atoms with Crippen LogP contribution in [0.5, 0.6) is 0 Å². The van der Waals surface area contributed by atoms with Gasteiger partial charge in [-0.2, -0.15) is 8.42 Å². The monoisotopic (exact) mass is 437 g/mol. The van der Waals surface area contributed by atoms with E-state index in [0.29, 0.717) is 6.42 Å². The Labute approximate surface area is 147 Å². The van der Waals surface area contributed by atoms with E-state index >= 15 is 0 Å². The van der Waals surface area contributed by atoms with Crippen LogP contribution < -0.4 is 0 Å². The van der Waals surface area contributed by atoms with E-state index in [1.54, 1.807) is 0 Å². The third-order valence-electron chi connectivity index (χ3n) is 3.74. The van der Waals surface area contributed by atoms with E-state index in [4.69, 9.17) is 4.18 Å². The molecule has 0 saturated heterocycles. The maximum absolute atomic E-state index is 11.8. The molecule has 6 heteroatoms. The molecule has 0 fully saturated rings. The predicted octanol–water partition coefficient (Wildman–Crippen LogP) is 3.04. The van der Waals surface area contributed by atoms with Gasteiger partial charge >= 0.3 is 0 Å². The average molecular weight is 437 g/mol. The molecule has 0 aliphatic carbocycles. The fourth-order valence-electron chi connectivity index (χ4n) is 2.58. The number of benzene rings is 1. The molecule has 0 unspecified atom stereocenters. The number of hydrogen-bond donors (Lipinski definition) is 0. The quantitative estimate of drug-likeness (QED) is 0.486. The number of hydrogen-bond acceptors (Lipinski definition) is 4. The Morgan fingerprint density at radius 1 is 1.36 bits per heavy atom. The molecule has 1 aromatic rings. The second-order valence-corrected chi connectivity index (χ2v) is 9.12. The van der Waals surface area contributed by atoms with Crippen molar-refractivity contribution in [3.8, 4) is 0 Å². The van der Waals surface area contributed by atoms with Crippen molar-refractivity contribution in [2.45, 2.75) is 33.2 Å². The Balaban J connectivity index is 1.79. The number of fused-ring (bicyclic) bond motifs is 1. The molecule has 1 aliphatic rings. The summed E-state index contributed by atoms with van der Waals surface area (Å²) in [7, 11) is -3.37. The van der Waals surface area contributed by atoms with Crippen LogP contribution >= 0.6 is 22.6 Å². The zero-order chi connectivity index (χ0) is 16.2. The van der Waals surface area contributed by atoms with Crippen molar-refractivity contribution in [1.29, 1.82) is 0 Å². The molecule has 0 saturated carbocycles. The number of halogens is 1. The lowest BCUT2D eigenvalue weighted by atomic mass is 10.00. The smallest absolute Gasteiger partial charge is 0.267 e. The molecule has 1 aliphatic heterocycles. The van der Waals surface area contributed by atoms with E-state index in [-0.39, 0.29) is 18.3 Å². The van der Waals surface area contributed by atoms with Crippen LogP contribution in [0.25, 0.3) is 0 Å². The first kappa shape index (κ1) is 18.2. The zero-order valence-corrected chi connectivity index (χ0v) is 16.2. The summed E-state index contributed by atoms with van der Waals surface area (Å²) in [5.41, 5.74) is 2.82. The minimum absolute atomic E-state index is 0.107. The van der Waals surface area contributed by atoms with Gasteiger partial charge in [0.05, 0.1) is 12.4 Å². The Morgan fingerprint density at radius 3 is 2.86 bits per heavy atom. The Bertz CT molecular complexity index is 601. The van der Waals surface area contributed by atoms with Gasteiger partial charge in [0.1, 0.15) is 0 Å². The van der Waals surface area contributed by atoms with E-state index < -0.39 is 10.1 Å². The number of rotatable bonds is 7. The minimum Gasteiger partial charge on any atom is -0.299 e. The van der Waals surface area contributed by atoms with Gasteiger partial charge in [-0.1, -0.05) is 26.0 Å². The van der Waals surface area contributed by atoms with Crippen LogP contribution in [0.15, 0.2) is 18.2 Å². The van der Waals surface area contributed by atoms with Crippen molar-refractivity contribution in [3.63, 3.8) is 0 Å². The van der Waals surface area contributed by atoms with Crippen molar-refractivity contribution >= 4 is 32.7 Å². The molecular formula is C16H24INO3S. The Kier molecular flexibility index (Phi) is 6.67. The normalized spacial score (nSPS) is 16.0. The van der Waals surface area contributed by atoms with Crippen molar-refractivity contribution < 1.29 is 12.6 Å². The van der Waals surface area contributed by atoms with E-state index in [2.05, 4.69) is 45.7 Å². The highest BCUT2D eigenvalue weighted by Crippen LogP contribution is 2.23. The van der Waals surface area contributed by atoms with E-state index in [1.165, 1.54) is 14.7 Å². The molecule has 4 nitrogen and oxygen atoms in total. The molecule has 0 spiro atoms. The molecule has 124 valence electrons. The summed E-state index contributed by atoms with van der Waals surface area (Å²) in [5, 5.41) is 0. The molecule has 0 atom stereocenters. The first-order valence-electron chi connectivity index (χ1n) is 7.73. The summed E-state index contributed by atoms with van der Waals surface area (Å²) in [4.78, 5) is 2.33. The van der Waals surface area contributed by atoms with Crippen molar-refractivity contribution in [2.24, 2.45) is 5.92 Å². The Morgan fingerprint density at radius 2 is 2.14 bits per heavy atom. The first-order chi connectivity index (χ1) is 10.4. The standard InChI is InChI=1S/C16H24INO3S/c1-13(2)12-21-22(19,20)10-4-8-18-9-7-15-14(11-18)5-3-6-16(15)17/h3,5-6,13H,4,7-12H2,1-2H3. The van der Waals surface area contributed by atoms with Gasteiger partial charge in [-0.05, 0) is 65.1 Å². The molecule has 0 bridgehead atoms. The molecule has 2 rings (SSSR count). The van der Waals surface area contributed by atoms with Crippen LogP contribution in [0, 0.1) is 9.49 Å². The van der Waals surface area contributed by atoms with Gasteiger partial charge in [0.2, 0.25) is 0 Å². The van der Waals surface area contributed by atoms with Crippen LogP contribution in [0.4, 0.5) is 0 Å². The van der Waals surface area contributed by atoms with Crippen molar-refractivity contribution in [1.82, 2.24) is 4.90 Å². The maximum Gasteiger partial charge on any atom is 0.267 e. The van der Waals surface area contributed by atoms with Gasteiger partial charge in [0.25, 0.3) is 10.1 Å². The van der Waals surface area contributed by atoms with Crippen molar-refractivity contribution in [2.75, 3.05) is 25.4 Å². The fraction of sp³-hybridized carbons (Fsp3) is 0.625. The first-order valence-corrected chi connectivity index (χ1v) is 10.4. The largest absolute Gasteiger partial charge is 0.299 e. The van der Waals surface area contributed by atoms with Crippen LogP contribution in [0.3, 0.4) is 0 Å². The lowest BCUT2D eigenvalue weighted by Crippen LogP contribution is -2.32. The van der Waals surface area contributed by atoms with E-state index in [9.17, 15) is 8.42 Å². The second kappa shape index (κ2) is 8.08. The topological polar surface area (TPSA) is 46.6 Å². The van der Waals surface area contributed by atoms with Gasteiger partial charge in [0.15, 0.2) is 0 Å². The van der Waals surface area contributed by atoms with Crippen LogP contribution in [0.2, 0.25) is 0 Å².